The number of carbonyl (C=O) groups excluding carboxylic acids is 1. The van der Waals surface area contributed by atoms with Crippen molar-refractivity contribution < 1.29 is 4.79 Å². The third kappa shape index (κ3) is 6.20. The summed E-state index contributed by atoms with van der Waals surface area (Å²) < 4.78 is 0. The van der Waals surface area contributed by atoms with Crippen LogP contribution in [0.4, 0.5) is 5.69 Å². The normalized spacial score (nSPS) is 15.3. The minimum atomic E-state index is -0.240. The molecule has 4 nitrogen and oxygen atoms in total. The number of rotatable bonds is 5. The molecule has 1 fully saturated rings. The van der Waals surface area contributed by atoms with Gasteiger partial charge in [-0.05, 0) is 30.5 Å². The van der Waals surface area contributed by atoms with E-state index < -0.39 is 0 Å². The molecular formula is C20H27Cl2N3O. The average Bonchev–Trinajstić information content (AvgIpc) is 2.64. The molecule has 0 saturated carbocycles. The van der Waals surface area contributed by atoms with Crippen LogP contribution in [0.2, 0.25) is 0 Å². The van der Waals surface area contributed by atoms with E-state index in [9.17, 15) is 4.79 Å². The lowest BCUT2D eigenvalue weighted by molar-refractivity contribution is -0.122. The van der Waals surface area contributed by atoms with E-state index in [0.29, 0.717) is 6.42 Å². The van der Waals surface area contributed by atoms with Gasteiger partial charge in [0.05, 0.1) is 0 Å². The molecule has 2 aromatic carbocycles. The second-order valence-electron chi connectivity index (χ2n) is 6.39. The van der Waals surface area contributed by atoms with Crippen molar-refractivity contribution in [1.29, 1.82) is 0 Å². The van der Waals surface area contributed by atoms with Crippen LogP contribution in [0.25, 0.3) is 0 Å². The number of piperidine rings is 1. The highest BCUT2D eigenvalue weighted by Crippen LogP contribution is 2.20. The van der Waals surface area contributed by atoms with Crippen molar-refractivity contribution in [2.45, 2.75) is 31.3 Å². The van der Waals surface area contributed by atoms with Crippen LogP contribution < -0.4 is 16.0 Å². The molecular weight excluding hydrogens is 369 g/mol. The van der Waals surface area contributed by atoms with Crippen LogP contribution >= 0.6 is 24.8 Å². The van der Waals surface area contributed by atoms with Crippen molar-refractivity contribution in [3.05, 3.63) is 66.2 Å². The molecule has 6 heteroatoms. The minimum Gasteiger partial charge on any atom is -0.371 e. The van der Waals surface area contributed by atoms with E-state index in [1.165, 1.54) is 5.69 Å². The van der Waals surface area contributed by atoms with E-state index in [0.717, 1.165) is 31.5 Å². The highest BCUT2D eigenvalue weighted by molar-refractivity contribution is 5.85. The molecule has 1 saturated heterocycles. The Labute approximate surface area is 168 Å². The second-order valence-corrected chi connectivity index (χ2v) is 6.39. The lowest BCUT2D eigenvalue weighted by Crippen LogP contribution is -2.45. The summed E-state index contributed by atoms with van der Waals surface area (Å²) in [5.74, 6) is 0.0458. The van der Waals surface area contributed by atoms with Gasteiger partial charge in [-0.2, -0.15) is 0 Å². The number of anilines is 1. The molecule has 0 aromatic heterocycles. The van der Waals surface area contributed by atoms with Crippen LogP contribution in [0.1, 0.15) is 30.9 Å². The molecule has 1 aliphatic heterocycles. The number of halogens is 2. The molecule has 0 spiro atoms. The van der Waals surface area contributed by atoms with Gasteiger partial charge in [0.2, 0.25) is 5.91 Å². The molecule has 142 valence electrons. The van der Waals surface area contributed by atoms with Crippen LogP contribution in [0.15, 0.2) is 60.7 Å². The molecule has 1 heterocycles. The Morgan fingerprint density at radius 3 is 2.12 bits per heavy atom. The summed E-state index contributed by atoms with van der Waals surface area (Å²) in [4.78, 5) is 14.6. The molecule has 1 atom stereocenters. The first kappa shape index (κ1) is 22.3. The second kappa shape index (κ2) is 11.1. The Hall–Kier alpha value is -1.75. The number of nitrogens with one attached hydrogen (secondary N) is 1. The zero-order valence-electron chi connectivity index (χ0n) is 14.7. The monoisotopic (exact) mass is 395 g/mol. The van der Waals surface area contributed by atoms with Crippen LogP contribution in [0.3, 0.4) is 0 Å². The Kier molecular flexibility index (Phi) is 9.49. The number of hydrogen-bond acceptors (Lipinski definition) is 3. The lowest BCUT2D eigenvalue weighted by Gasteiger charge is -2.34. The number of carbonyl (C=O) groups is 1. The van der Waals surface area contributed by atoms with E-state index in [-0.39, 0.29) is 42.8 Å². The topological polar surface area (TPSA) is 58.4 Å². The predicted molar refractivity (Wildman–Crippen MR) is 112 cm³/mol. The van der Waals surface area contributed by atoms with Crippen LogP contribution in [-0.4, -0.2) is 25.0 Å². The Bertz CT molecular complexity index is 647. The fourth-order valence-corrected chi connectivity index (χ4v) is 3.23. The SMILES string of the molecule is Cl.Cl.NC(CC(=O)NC1CCN(c2ccccc2)CC1)c1ccccc1. The average molecular weight is 396 g/mol. The summed E-state index contributed by atoms with van der Waals surface area (Å²) in [5, 5.41) is 3.15. The van der Waals surface area contributed by atoms with Gasteiger partial charge in [-0.25, -0.2) is 0 Å². The van der Waals surface area contributed by atoms with Gasteiger partial charge in [-0.1, -0.05) is 48.5 Å². The van der Waals surface area contributed by atoms with Gasteiger partial charge in [0.25, 0.3) is 0 Å². The van der Waals surface area contributed by atoms with E-state index >= 15 is 0 Å². The zero-order valence-corrected chi connectivity index (χ0v) is 16.3. The molecule has 0 radical (unpaired) electrons. The minimum absolute atomic E-state index is 0. The Morgan fingerprint density at radius 2 is 1.54 bits per heavy atom. The number of hydrogen-bond donors (Lipinski definition) is 2. The molecule has 3 rings (SSSR count). The van der Waals surface area contributed by atoms with E-state index in [2.05, 4.69) is 34.5 Å². The summed E-state index contributed by atoms with van der Waals surface area (Å²) in [6.07, 6.45) is 2.28. The molecule has 0 aliphatic carbocycles. The molecule has 1 aliphatic rings. The fraction of sp³-hybridized carbons (Fsp3) is 0.350. The fourth-order valence-electron chi connectivity index (χ4n) is 3.23. The van der Waals surface area contributed by atoms with E-state index in [4.69, 9.17) is 5.73 Å². The number of amides is 1. The maximum atomic E-state index is 12.2. The summed E-state index contributed by atoms with van der Waals surface area (Å²) in [5.41, 5.74) is 8.39. The van der Waals surface area contributed by atoms with Gasteiger partial charge < -0.3 is 16.0 Å². The maximum absolute atomic E-state index is 12.2. The van der Waals surface area contributed by atoms with Crippen LogP contribution in [-0.2, 0) is 4.79 Å². The highest BCUT2D eigenvalue weighted by atomic mass is 35.5. The van der Waals surface area contributed by atoms with E-state index in [1.54, 1.807) is 0 Å². The van der Waals surface area contributed by atoms with Crippen LogP contribution in [0.5, 0.6) is 0 Å². The molecule has 3 N–H and O–H groups in total. The van der Waals surface area contributed by atoms with Crippen molar-refractivity contribution in [3.63, 3.8) is 0 Å². The quantitative estimate of drug-likeness (QED) is 0.810. The van der Waals surface area contributed by atoms with Crippen molar-refractivity contribution >= 4 is 36.4 Å². The standard InChI is InChI=1S/C20H25N3O.2ClH/c21-19(16-7-3-1-4-8-16)15-20(24)22-17-11-13-23(14-12-17)18-9-5-2-6-10-18;;/h1-10,17,19H,11-15,21H2,(H,22,24);2*1H. The number of benzene rings is 2. The maximum Gasteiger partial charge on any atom is 0.222 e. The summed E-state index contributed by atoms with van der Waals surface area (Å²) in [7, 11) is 0. The summed E-state index contributed by atoms with van der Waals surface area (Å²) >= 11 is 0. The first-order chi connectivity index (χ1) is 11.7. The van der Waals surface area contributed by atoms with Crippen molar-refractivity contribution in [3.8, 4) is 0 Å². The third-order valence-electron chi connectivity index (χ3n) is 4.61. The molecule has 0 bridgehead atoms. The number of para-hydroxylation sites is 1. The third-order valence-corrected chi connectivity index (χ3v) is 4.61. The first-order valence-electron chi connectivity index (χ1n) is 8.62. The lowest BCUT2D eigenvalue weighted by atomic mass is 10.0. The summed E-state index contributed by atoms with van der Waals surface area (Å²) in [6, 6.07) is 20.2. The largest absolute Gasteiger partial charge is 0.371 e. The van der Waals surface area contributed by atoms with E-state index in [1.807, 2.05) is 36.4 Å². The molecule has 26 heavy (non-hydrogen) atoms. The van der Waals surface area contributed by atoms with Crippen LogP contribution in [0, 0.1) is 0 Å². The number of nitrogens with two attached hydrogens (primary N) is 1. The zero-order chi connectivity index (χ0) is 16.8. The predicted octanol–water partition coefficient (Wildman–Crippen LogP) is 3.71. The van der Waals surface area contributed by atoms with Gasteiger partial charge in [0.15, 0.2) is 0 Å². The van der Waals surface area contributed by atoms with Crippen molar-refractivity contribution in [1.82, 2.24) is 5.32 Å². The number of nitrogens with zero attached hydrogens (tertiary/aromatic N) is 1. The van der Waals surface area contributed by atoms with Gasteiger partial charge >= 0.3 is 0 Å². The first-order valence-corrected chi connectivity index (χ1v) is 8.62. The highest BCUT2D eigenvalue weighted by Gasteiger charge is 2.21. The Balaban J connectivity index is 0.00000169. The van der Waals surface area contributed by atoms with Gasteiger partial charge in [0.1, 0.15) is 0 Å². The van der Waals surface area contributed by atoms with Crippen molar-refractivity contribution in [2.24, 2.45) is 5.73 Å². The molecule has 2 aromatic rings. The van der Waals surface area contributed by atoms with Crippen molar-refractivity contribution in [2.75, 3.05) is 18.0 Å². The summed E-state index contributed by atoms with van der Waals surface area (Å²) in [6.45, 7) is 1.94. The van der Waals surface area contributed by atoms with Gasteiger partial charge in [-0.15, -0.1) is 24.8 Å². The Morgan fingerprint density at radius 1 is 1.00 bits per heavy atom. The smallest absolute Gasteiger partial charge is 0.222 e. The molecule has 1 unspecified atom stereocenters. The van der Waals surface area contributed by atoms with Gasteiger partial charge in [0, 0.05) is 37.3 Å². The molecule has 1 amide bonds. The van der Waals surface area contributed by atoms with Gasteiger partial charge in [-0.3, -0.25) is 4.79 Å².